The maximum absolute atomic E-state index is 13.8. The summed E-state index contributed by atoms with van der Waals surface area (Å²) >= 11 is 0. The molecule has 1 aromatic heterocycles. The van der Waals surface area contributed by atoms with Crippen molar-refractivity contribution in [3.05, 3.63) is 102 Å². The van der Waals surface area contributed by atoms with E-state index in [0.717, 1.165) is 40.6 Å². The first-order valence-electron chi connectivity index (χ1n) is 12.8. The number of amides is 2. The van der Waals surface area contributed by atoms with Crippen LogP contribution in [0.25, 0.3) is 5.69 Å². The molecule has 0 N–H and O–H groups in total. The van der Waals surface area contributed by atoms with E-state index in [1.807, 2.05) is 69.1 Å². The van der Waals surface area contributed by atoms with Gasteiger partial charge in [-0.2, -0.15) is 5.10 Å². The summed E-state index contributed by atoms with van der Waals surface area (Å²) in [4.78, 5) is 17.5. The monoisotopic (exact) mass is 494 g/mol. The minimum absolute atomic E-state index is 0.0436. The number of carbonyl (C=O) groups excluding carboxylic acids is 1. The standard InChI is InChI=1S/C31H34N4O2/c1-23-11-13-26(14-12-23)35-29(21-28(32-35)31(2,3)4)34-20-8-19-33(30(34)36)25-15-17-27(18-16-25)37-22-24-9-6-5-7-10-24/h5-7,9-18,21H,8,19-20,22H2,1-4H3. The third kappa shape index (κ3) is 5.38. The molecule has 0 unspecified atom stereocenters. The number of carbonyl (C=O) groups is 1. The lowest BCUT2D eigenvalue weighted by molar-refractivity contribution is 0.248. The molecule has 1 aliphatic rings. The zero-order valence-electron chi connectivity index (χ0n) is 22.0. The molecule has 190 valence electrons. The average Bonchev–Trinajstić information content (AvgIpc) is 3.35. The van der Waals surface area contributed by atoms with E-state index in [0.29, 0.717) is 19.7 Å². The fraction of sp³-hybridized carbons (Fsp3) is 0.290. The van der Waals surface area contributed by atoms with Crippen LogP contribution in [0, 0.1) is 6.92 Å². The number of benzene rings is 3. The van der Waals surface area contributed by atoms with E-state index < -0.39 is 0 Å². The fourth-order valence-corrected chi connectivity index (χ4v) is 4.45. The molecule has 0 aliphatic carbocycles. The van der Waals surface area contributed by atoms with Crippen molar-refractivity contribution in [1.82, 2.24) is 9.78 Å². The van der Waals surface area contributed by atoms with E-state index in [2.05, 4.69) is 58.0 Å². The lowest BCUT2D eigenvalue weighted by Gasteiger charge is -2.35. The maximum Gasteiger partial charge on any atom is 0.330 e. The lowest BCUT2D eigenvalue weighted by atomic mass is 9.92. The highest BCUT2D eigenvalue weighted by Gasteiger charge is 2.32. The van der Waals surface area contributed by atoms with Crippen LogP contribution in [0.1, 0.15) is 44.0 Å². The molecule has 1 saturated heterocycles. The molecule has 4 aromatic rings. The Labute approximate surface area is 219 Å². The molecule has 6 nitrogen and oxygen atoms in total. The zero-order chi connectivity index (χ0) is 26.0. The molecule has 5 rings (SSSR count). The Morgan fingerprint density at radius 1 is 0.838 bits per heavy atom. The third-order valence-electron chi connectivity index (χ3n) is 6.64. The van der Waals surface area contributed by atoms with Gasteiger partial charge in [0.05, 0.1) is 11.4 Å². The normalized spacial score (nSPS) is 14.2. The number of rotatable bonds is 6. The average molecular weight is 495 g/mol. The Bertz CT molecular complexity index is 1350. The van der Waals surface area contributed by atoms with Crippen LogP contribution < -0.4 is 14.5 Å². The third-order valence-corrected chi connectivity index (χ3v) is 6.64. The molecule has 1 fully saturated rings. The van der Waals surface area contributed by atoms with Crippen LogP contribution in [0.5, 0.6) is 5.75 Å². The Balaban J connectivity index is 1.39. The van der Waals surface area contributed by atoms with Gasteiger partial charge < -0.3 is 4.74 Å². The summed E-state index contributed by atoms with van der Waals surface area (Å²) < 4.78 is 7.84. The summed E-state index contributed by atoms with van der Waals surface area (Å²) in [5.74, 6) is 1.58. The van der Waals surface area contributed by atoms with Gasteiger partial charge in [-0.25, -0.2) is 9.48 Å². The van der Waals surface area contributed by atoms with Gasteiger partial charge in [-0.15, -0.1) is 0 Å². The number of hydrogen-bond donors (Lipinski definition) is 0. The smallest absolute Gasteiger partial charge is 0.330 e. The van der Waals surface area contributed by atoms with Crippen molar-refractivity contribution in [2.24, 2.45) is 0 Å². The second-order valence-electron chi connectivity index (χ2n) is 10.6. The number of aromatic nitrogens is 2. The number of ether oxygens (including phenoxy) is 1. The van der Waals surface area contributed by atoms with E-state index in [4.69, 9.17) is 9.84 Å². The molecular weight excluding hydrogens is 460 g/mol. The van der Waals surface area contributed by atoms with E-state index in [-0.39, 0.29) is 11.4 Å². The Kier molecular flexibility index (Phi) is 6.74. The second-order valence-corrected chi connectivity index (χ2v) is 10.6. The molecule has 0 spiro atoms. The van der Waals surface area contributed by atoms with E-state index in [1.54, 1.807) is 0 Å². The van der Waals surface area contributed by atoms with Crippen LogP contribution in [0.15, 0.2) is 84.9 Å². The van der Waals surface area contributed by atoms with Gasteiger partial charge in [-0.1, -0.05) is 68.8 Å². The molecule has 0 saturated carbocycles. The summed E-state index contributed by atoms with van der Waals surface area (Å²) in [6, 6.07) is 28.1. The van der Waals surface area contributed by atoms with Crippen molar-refractivity contribution in [2.75, 3.05) is 22.9 Å². The number of urea groups is 1. The van der Waals surface area contributed by atoms with Crippen LogP contribution in [-0.4, -0.2) is 28.9 Å². The van der Waals surface area contributed by atoms with E-state index in [1.165, 1.54) is 5.56 Å². The van der Waals surface area contributed by atoms with Crippen molar-refractivity contribution in [2.45, 2.75) is 46.1 Å². The summed E-state index contributed by atoms with van der Waals surface area (Å²) in [7, 11) is 0. The van der Waals surface area contributed by atoms with Crippen molar-refractivity contribution in [3.8, 4) is 11.4 Å². The van der Waals surface area contributed by atoms with Crippen LogP contribution in [0.3, 0.4) is 0 Å². The highest BCUT2D eigenvalue weighted by Crippen LogP contribution is 2.32. The Morgan fingerprint density at radius 3 is 2.16 bits per heavy atom. The van der Waals surface area contributed by atoms with E-state index in [9.17, 15) is 4.79 Å². The minimum Gasteiger partial charge on any atom is -0.489 e. The van der Waals surface area contributed by atoms with Gasteiger partial charge in [0.1, 0.15) is 18.2 Å². The van der Waals surface area contributed by atoms with Crippen molar-refractivity contribution in [1.29, 1.82) is 0 Å². The molecule has 3 aromatic carbocycles. The Hall–Kier alpha value is -4.06. The molecule has 0 bridgehead atoms. The second kappa shape index (κ2) is 10.1. The van der Waals surface area contributed by atoms with Gasteiger partial charge in [0.2, 0.25) is 0 Å². The van der Waals surface area contributed by atoms with Crippen molar-refractivity contribution >= 4 is 17.5 Å². The summed E-state index contributed by atoms with van der Waals surface area (Å²) in [6.45, 7) is 10.3. The van der Waals surface area contributed by atoms with Gasteiger partial charge >= 0.3 is 6.03 Å². The molecule has 2 heterocycles. The zero-order valence-corrected chi connectivity index (χ0v) is 22.0. The number of nitrogens with zero attached hydrogens (tertiary/aromatic N) is 4. The molecule has 0 atom stereocenters. The highest BCUT2D eigenvalue weighted by atomic mass is 16.5. The van der Waals surface area contributed by atoms with Gasteiger partial charge in [0.15, 0.2) is 0 Å². The summed E-state index contributed by atoms with van der Waals surface area (Å²) in [5.41, 5.74) is 4.92. The van der Waals surface area contributed by atoms with Crippen LogP contribution in [0.4, 0.5) is 16.3 Å². The van der Waals surface area contributed by atoms with Gasteiger partial charge in [0, 0.05) is 30.3 Å². The van der Waals surface area contributed by atoms with Crippen LogP contribution >= 0.6 is 0 Å². The highest BCUT2D eigenvalue weighted by molar-refractivity contribution is 6.04. The maximum atomic E-state index is 13.8. The number of aryl methyl sites for hydroxylation is 1. The topological polar surface area (TPSA) is 50.6 Å². The first kappa shape index (κ1) is 24.6. The minimum atomic E-state index is -0.140. The van der Waals surface area contributed by atoms with Crippen LogP contribution in [-0.2, 0) is 12.0 Å². The molecule has 0 radical (unpaired) electrons. The SMILES string of the molecule is Cc1ccc(-n2nc(C(C)(C)C)cc2N2CCCN(c3ccc(OCc4ccccc4)cc3)C2=O)cc1. The van der Waals surface area contributed by atoms with Gasteiger partial charge in [-0.05, 0) is 55.3 Å². The fourth-order valence-electron chi connectivity index (χ4n) is 4.45. The van der Waals surface area contributed by atoms with Gasteiger partial charge in [0.25, 0.3) is 0 Å². The van der Waals surface area contributed by atoms with Gasteiger partial charge in [-0.3, -0.25) is 9.80 Å². The Morgan fingerprint density at radius 2 is 1.49 bits per heavy atom. The van der Waals surface area contributed by atoms with Crippen molar-refractivity contribution in [3.63, 3.8) is 0 Å². The molecule has 37 heavy (non-hydrogen) atoms. The molecule has 2 amide bonds. The first-order chi connectivity index (χ1) is 17.8. The quantitative estimate of drug-likeness (QED) is 0.293. The summed E-state index contributed by atoms with van der Waals surface area (Å²) in [6.07, 6.45) is 0.863. The molecular formula is C31H34N4O2. The van der Waals surface area contributed by atoms with Crippen LogP contribution in [0.2, 0.25) is 0 Å². The first-order valence-corrected chi connectivity index (χ1v) is 12.8. The predicted octanol–water partition coefficient (Wildman–Crippen LogP) is 6.89. The largest absolute Gasteiger partial charge is 0.489 e. The molecule has 6 heteroatoms. The van der Waals surface area contributed by atoms with Crippen molar-refractivity contribution < 1.29 is 9.53 Å². The predicted molar refractivity (Wildman–Crippen MR) is 149 cm³/mol. The summed E-state index contributed by atoms with van der Waals surface area (Å²) in [5, 5.41) is 4.93. The van der Waals surface area contributed by atoms with E-state index >= 15 is 0 Å². The number of anilines is 2. The lowest BCUT2D eigenvalue weighted by Crippen LogP contribution is -2.50. The number of hydrogen-bond acceptors (Lipinski definition) is 3. The molecule has 1 aliphatic heterocycles.